The first-order valence-corrected chi connectivity index (χ1v) is 3.47. The number of carbonyl (C=O) groups is 1. The molecule has 0 aliphatic carbocycles. The zero-order valence-corrected chi connectivity index (χ0v) is 6.10. The van der Waals surface area contributed by atoms with Crippen molar-refractivity contribution in [3.05, 3.63) is 0 Å². The van der Waals surface area contributed by atoms with E-state index in [1.54, 1.807) is 4.90 Å². The fourth-order valence-electron chi connectivity index (χ4n) is 1.28. The van der Waals surface area contributed by atoms with E-state index in [4.69, 9.17) is 10.9 Å². The molecule has 1 rings (SSSR count). The van der Waals surface area contributed by atoms with Gasteiger partial charge in [0.2, 0.25) is 0 Å². The van der Waals surface area contributed by atoms with Crippen LogP contribution in [0.15, 0.2) is 5.10 Å². The van der Waals surface area contributed by atoms with Crippen molar-refractivity contribution in [1.29, 1.82) is 0 Å². The van der Waals surface area contributed by atoms with Gasteiger partial charge in [0.15, 0.2) is 0 Å². The minimum atomic E-state index is -0.803. The Bertz CT molecular complexity index is 181. The van der Waals surface area contributed by atoms with E-state index in [-0.39, 0.29) is 0 Å². The van der Waals surface area contributed by atoms with Gasteiger partial charge in [-0.3, -0.25) is 0 Å². The van der Waals surface area contributed by atoms with E-state index in [1.165, 1.54) is 6.34 Å². The average Bonchev–Trinajstić information content (AvgIpc) is 2.36. The monoisotopic (exact) mass is 157 g/mol. The van der Waals surface area contributed by atoms with Crippen LogP contribution in [-0.4, -0.2) is 34.9 Å². The standard InChI is InChI=1S/C6H11N3O2/c7-8-4-9-3-1-2-5(9)6(10)11/h4-5H,1-3,7H2,(H,10,11)/t5-/m0/s1. The van der Waals surface area contributed by atoms with Crippen LogP contribution >= 0.6 is 0 Å². The van der Waals surface area contributed by atoms with Gasteiger partial charge in [-0.25, -0.2) is 4.79 Å². The Hall–Kier alpha value is -1.26. The molecule has 1 aliphatic rings. The van der Waals surface area contributed by atoms with Crippen LogP contribution in [0.1, 0.15) is 12.8 Å². The quantitative estimate of drug-likeness (QED) is 0.244. The van der Waals surface area contributed by atoms with Gasteiger partial charge in [0.25, 0.3) is 0 Å². The molecule has 11 heavy (non-hydrogen) atoms. The van der Waals surface area contributed by atoms with Crippen molar-refractivity contribution in [2.24, 2.45) is 10.9 Å². The van der Waals surface area contributed by atoms with Gasteiger partial charge in [-0.1, -0.05) is 0 Å². The second kappa shape index (κ2) is 3.23. The molecule has 3 N–H and O–H groups in total. The third kappa shape index (κ3) is 1.60. The van der Waals surface area contributed by atoms with Gasteiger partial charge >= 0.3 is 5.97 Å². The summed E-state index contributed by atoms with van der Waals surface area (Å²) in [6.07, 6.45) is 2.95. The smallest absolute Gasteiger partial charge is 0.326 e. The Morgan fingerprint density at radius 2 is 2.55 bits per heavy atom. The summed E-state index contributed by atoms with van der Waals surface area (Å²) < 4.78 is 0. The highest BCUT2D eigenvalue weighted by Crippen LogP contribution is 2.14. The van der Waals surface area contributed by atoms with Gasteiger partial charge in [0.1, 0.15) is 12.4 Å². The van der Waals surface area contributed by atoms with E-state index in [2.05, 4.69) is 5.10 Å². The fraction of sp³-hybridized carbons (Fsp3) is 0.667. The van der Waals surface area contributed by atoms with Gasteiger partial charge in [-0.2, -0.15) is 5.10 Å². The molecule has 1 fully saturated rings. The van der Waals surface area contributed by atoms with E-state index in [0.29, 0.717) is 6.42 Å². The number of carboxylic acids is 1. The predicted molar refractivity (Wildman–Crippen MR) is 40.0 cm³/mol. The lowest BCUT2D eigenvalue weighted by atomic mass is 10.2. The molecule has 5 nitrogen and oxygen atoms in total. The lowest BCUT2D eigenvalue weighted by Crippen LogP contribution is -2.35. The number of hydrazone groups is 1. The molecule has 1 heterocycles. The largest absolute Gasteiger partial charge is 0.480 e. The van der Waals surface area contributed by atoms with Crippen LogP contribution in [0.5, 0.6) is 0 Å². The molecule has 1 atom stereocenters. The van der Waals surface area contributed by atoms with Gasteiger partial charge in [-0.15, -0.1) is 0 Å². The van der Waals surface area contributed by atoms with Crippen molar-refractivity contribution in [2.75, 3.05) is 6.54 Å². The zero-order valence-electron chi connectivity index (χ0n) is 6.10. The number of nitrogens with zero attached hydrogens (tertiary/aromatic N) is 2. The number of nitrogens with two attached hydrogens (primary N) is 1. The maximum absolute atomic E-state index is 10.5. The third-order valence-electron chi connectivity index (χ3n) is 1.79. The highest BCUT2D eigenvalue weighted by Gasteiger charge is 2.28. The van der Waals surface area contributed by atoms with Gasteiger partial charge in [0.05, 0.1) is 0 Å². The Balaban J connectivity index is 2.57. The molecule has 0 unspecified atom stereocenters. The van der Waals surface area contributed by atoms with Gasteiger partial charge < -0.3 is 15.8 Å². The minimum Gasteiger partial charge on any atom is -0.480 e. The van der Waals surface area contributed by atoms with Crippen molar-refractivity contribution in [2.45, 2.75) is 18.9 Å². The second-order valence-electron chi connectivity index (χ2n) is 2.50. The van der Waals surface area contributed by atoms with Crippen molar-refractivity contribution < 1.29 is 9.90 Å². The van der Waals surface area contributed by atoms with Crippen LogP contribution in [0.3, 0.4) is 0 Å². The van der Waals surface area contributed by atoms with Crippen molar-refractivity contribution >= 4 is 12.3 Å². The summed E-state index contributed by atoms with van der Waals surface area (Å²) >= 11 is 0. The summed E-state index contributed by atoms with van der Waals surface area (Å²) in [5.41, 5.74) is 0. The normalized spacial score (nSPS) is 24.7. The molecule has 0 spiro atoms. The summed E-state index contributed by atoms with van der Waals surface area (Å²) in [6.45, 7) is 0.734. The van der Waals surface area contributed by atoms with E-state index >= 15 is 0 Å². The molecule has 62 valence electrons. The minimum absolute atomic E-state index is 0.428. The number of aliphatic carboxylic acids is 1. The van der Waals surface area contributed by atoms with Crippen LogP contribution < -0.4 is 5.84 Å². The highest BCUT2D eigenvalue weighted by molar-refractivity contribution is 5.77. The molecule has 1 saturated heterocycles. The Morgan fingerprint density at radius 3 is 3.09 bits per heavy atom. The second-order valence-corrected chi connectivity index (χ2v) is 2.50. The summed E-state index contributed by atoms with van der Waals surface area (Å²) in [7, 11) is 0. The Morgan fingerprint density at radius 1 is 1.82 bits per heavy atom. The van der Waals surface area contributed by atoms with Crippen LogP contribution in [-0.2, 0) is 4.79 Å². The summed E-state index contributed by atoms with van der Waals surface area (Å²) in [5, 5.41) is 12.0. The molecule has 5 heteroatoms. The summed E-state index contributed by atoms with van der Waals surface area (Å²) in [4.78, 5) is 12.2. The van der Waals surface area contributed by atoms with Crippen LogP contribution in [0.4, 0.5) is 0 Å². The van der Waals surface area contributed by atoms with E-state index in [0.717, 1.165) is 13.0 Å². The average molecular weight is 157 g/mol. The van der Waals surface area contributed by atoms with Crippen LogP contribution in [0.2, 0.25) is 0 Å². The summed E-state index contributed by atoms with van der Waals surface area (Å²) in [6, 6.07) is -0.428. The number of hydrogen-bond donors (Lipinski definition) is 2. The molecule has 0 bridgehead atoms. The Labute approximate surface area is 64.5 Å². The molecule has 0 aromatic rings. The van der Waals surface area contributed by atoms with Crippen LogP contribution in [0, 0.1) is 0 Å². The maximum atomic E-state index is 10.5. The molecule has 0 radical (unpaired) electrons. The van der Waals surface area contributed by atoms with E-state index in [1.807, 2.05) is 0 Å². The molecular weight excluding hydrogens is 146 g/mol. The van der Waals surface area contributed by atoms with Crippen molar-refractivity contribution in [3.8, 4) is 0 Å². The lowest BCUT2D eigenvalue weighted by molar-refractivity contribution is -0.140. The third-order valence-corrected chi connectivity index (χ3v) is 1.79. The van der Waals surface area contributed by atoms with Gasteiger partial charge in [0, 0.05) is 6.54 Å². The van der Waals surface area contributed by atoms with Crippen molar-refractivity contribution in [1.82, 2.24) is 4.90 Å². The zero-order chi connectivity index (χ0) is 8.27. The molecule has 0 aromatic carbocycles. The first kappa shape index (κ1) is 7.84. The fourth-order valence-corrected chi connectivity index (χ4v) is 1.28. The molecular formula is C6H11N3O2. The molecule has 0 amide bonds. The maximum Gasteiger partial charge on any atom is 0.326 e. The molecule has 0 aromatic heterocycles. The number of rotatable bonds is 2. The van der Waals surface area contributed by atoms with Gasteiger partial charge in [-0.05, 0) is 12.8 Å². The molecule has 0 saturated carbocycles. The first-order chi connectivity index (χ1) is 5.25. The van der Waals surface area contributed by atoms with E-state index < -0.39 is 12.0 Å². The predicted octanol–water partition coefficient (Wildman–Crippen LogP) is -0.563. The highest BCUT2D eigenvalue weighted by atomic mass is 16.4. The number of hydrogen-bond acceptors (Lipinski definition) is 3. The first-order valence-electron chi connectivity index (χ1n) is 3.47. The summed E-state index contributed by atoms with van der Waals surface area (Å²) in [5.74, 6) is 4.10. The lowest BCUT2D eigenvalue weighted by Gasteiger charge is -2.16. The van der Waals surface area contributed by atoms with E-state index in [9.17, 15) is 4.79 Å². The number of carboxylic acid groups (broad SMARTS) is 1. The topological polar surface area (TPSA) is 78.9 Å². The number of likely N-dealkylation sites (tertiary alicyclic amines) is 1. The van der Waals surface area contributed by atoms with Crippen molar-refractivity contribution in [3.63, 3.8) is 0 Å². The molecule has 1 aliphatic heterocycles. The Kier molecular flexibility index (Phi) is 2.30. The SMILES string of the molecule is NN=CN1CCC[C@H]1C(=O)O. The van der Waals surface area contributed by atoms with Crippen LogP contribution in [0.25, 0.3) is 0 Å².